The monoisotopic (exact) mass is 619 g/mol. The van der Waals surface area contributed by atoms with Crippen molar-refractivity contribution in [1.29, 1.82) is 0 Å². The molecule has 0 heterocycles. The predicted octanol–water partition coefficient (Wildman–Crippen LogP) is 5.63. The molecule has 0 aliphatic heterocycles. The van der Waals surface area contributed by atoms with Crippen molar-refractivity contribution in [3.05, 3.63) is 93.9 Å². The van der Waals surface area contributed by atoms with Crippen LogP contribution in [0.2, 0.25) is 5.02 Å². The molecule has 1 N–H and O–H groups in total. The van der Waals surface area contributed by atoms with Crippen LogP contribution in [0.25, 0.3) is 0 Å². The first-order valence-electron chi connectivity index (χ1n) is 12.3. The van der Waals surface area contributed by atoms with Gasteiger partial charge in [0, 0.05) is 22.6 Å². The number of carbonyl (C=O) groups excluding carboxylic acids is 2. The molecule has 3 rings (SSSR count). The molecule has 0 saturated carbocycles. The van der Waals surface area contributed by atoms with Crippen LogP contribution in [-0.4, -0.2) is 44.3 Å². The molecule has 0 aliphatic rings. The van der Waals surface area contributed by atoms with Crippen LogP contribution in [0.15, 0.2) is 88.2 Å². The lowest BCUT2D eigenvalue weighted by Gasteiger charge is -2.33. The average molecular weight is 621 g/mol. The van der Waals surface area contributed by atoms with Crippen molar-refractivity contribution in [2.45, 2.75) is 44.2 Å². The highest BCUT2D eigenvalue weighted by atomic mass is 79.9. The third kappa shape index (κ3) is 7.58. The van der Waals surface area contributed by atoms with Gasteiger partial charge in [0.25, 0.3) is 10.0 Å². The topological polar surface area (TPSA) is 86.8 Å². The maximum Gasteiger partial charge on any atom is 0.264 e. The predicted molar refractivity (Wildman–Crippen MR) is 154 cm³/mol. The van der Waals surface area contributed by atoms with Gasteiger partial charge in [0.1, 0.15) is 12.6 Å². The summed E-state index contributed by atoms with van der Waals surface area (Å²) in [4.78, 5) is 28.5. The minimum Gasteiger partial charge on any atom is -0.354 e. The second kappa shape index (κ2) is 13.8. The minimum absolute atomic E-state index is 0.0600. The summed E-state index contributed by atoms with van der Waals surface area (Å²) in [6, 6.07) is 20.9. The highest BCUT2D eigenvalue weighted by Gasteiger charge is 2.33. The fraction of sp³-hybridized carbons (Fsp3) is 0.286. The summed E-state index contributed by atoms with van der Waals surface area (Å²) in [6.07, 6.45) is 1.11. The van der Waals surface area contributed by atoms with Crippen LogP contribution in [0.1, 0.15) is 32.3 Å². The molecule has 0 radical (unpaired) electrons. The van der Waals surface area contributed by atoms with E-state index in [1.54, 1.807) is 66.7 Å². The summed E-state index contributed by atoms with van der Waals surface area (Å²) in [5.74, 6) is -0.783. The number of nitrogens with one attached hydrogen (secondary N) is 1. The number of hydrogen-bond acceptors (Lipinski definition) is 4. The van der Waals surface area contributed by atoms with Crippen molar-refractivity contribution in [2.75, 3.05) is 17.4 Å². The van der Waals surface area contributed by atoms with Gasteiger partial charge >= 0.3 is 0 Å². The number of anilines is 1. The molecule has 0 fully saturated rings. The van der Waals surface area contributed by atoms with Crippen molar-refractivity contribution >= 4 is 55.1 Å². The van der Waals surface area contributed by atoms with Crippen LogP contribution in [0.5, 0.6) is 0 Å². The second-order valence-corrected chi connectivity index (χ2v) is 11.9. The van der Waals surface area contributed by atoms with E-state index in [2.05, 4.69) is 21.2 Å². The Morgan fingerprint density at radius 3 is 2.26 bits per heavy atom. The molecule has 202 valence electrons. The Hall–Kier alpha value is -2.88. The average Bonchev–Trinajstić information content (AvgIpc) is 2.91. The number of nitrogens with zero attached hydrogens (tertiary/aromatic N) is 2. The lowest BCUT2D eigenvalue weighted by Crippen LogP contribution is -2.52. The van der Waals surface area contributed by atoms with Gasteiger partial charge in [-0.3, -0.25) is 13.9 Å². The van der Waals surface area contributed by atoms with Crippen LogP contribution in [0, 0.1) is 0 Å². The van der Waals surface area contributed by atoms with Gasteiger partial charge in [-0.1, -0.05) is 77.8 Å². The van der Waals surface area contributed by atoms with E-state index in [9.17, 15) is 18.0 Å². The summed E-state index contributed by atoms with van der Waals surface area (Å²) in [6.45, 7) is 3.88. The highest BCUT2D eigenvalue weighted by molar-refractivity contribution is 9.10. The Kier molecular flexibility index (Phi) is 10.8. The summed E-state index contributed by atoms with van der Waals surface area (Å²) in [5.41, 5.74) is 1.09. The van der Waals surface area contributed by atoms with Crippen molar-refractivity contribution in [1.82, 2.24) is 10.2 Å². The van der Waals surface area contributed by atoms with E-state index in [4.69, 9.17) is 11.6 Å². The number of amides is 2. The summed E-state index contributed by atoms with van der Waals surface area (Å²) in [7, 11) is -4.10. The molecular formula is C28H31BrClN3O4S. The quantitative estimate of drug-likeness (QED) is 0.284. The largest absolute Gasteiger partial charge is 0.354 e. The first-order chi connectivity index (χ1) is 18.2. The number of benzene rings is 3. The first kappa shape index (κ1) is 29.7. The van der Waals surface area contributed by atoms with Crippen LogP contribution >= 0.6 is 27.5 Å². The number of rotatable bonds is 12. The van der Waals surface area contributed by atoms with Gasteiger partial charge in [0.2, 0.25) is 11.8 Å². The molecule has 1 atom stereocenters. The molecule has 2 amide bonds. The molecule has 0 bridgehead atoms. The maximum atomic E-state index is 13.9. The van der Waals surface area contributed by atoms with Crippen molar-refractivity contribution < 1.29 is 18.0 Å². The Morgan fingerprint density at radius 2 is 1.66 bits per heavy atom. The normalized spacial score (nSPS) is 12.0. The van der Waals surface area contributed by atoms with Gasteiger partial charge < -0.3 is 10.2 Å². The minimum atomic E-state index is -4.10. The van der Waals surface area contributed by atoms with Crippen LogP contribution in [0.4, 0.5) is 5.69 Å². The Bertz CT molecular complexity index is 1340. The highest BCUT2D eigenvalue weighted by Crippen LogP contribution is 2.27. The third-order valence-corrected chi connectivity index (χ3v) is 8.44. The van der Waals surface area contributed by atoms with Gasteiger partial charge in [-0.15, -0.1) is 0 Å². The van der Waals surface area contributed by atoms with E-state index in [1.807, 2.05) is 13.8 Å². The smallest absolute Gasteiger partial charge is 0.264 e. The molecule has 38 heavy (non-hydrogen) atoms. The van der Waals surface area contributed by atoms with E-state index in [-0.39, 0.29) is 17.3 Å². The van der Waals surface area contributed by atoms with Gasteiger partial charge in [-0.2, -0.15) is 0 Å². The molecule has 10 heteroatoms. The van der Waals surface area contributed by atoms with E-state index in [0.29, 0.717) is 28.1 Å². The summed E-state index contributed by atoms with van der Waals surface area (Å²) in [5, 5.41) is 3.42. The standard InChI is InChI=1S/C28H31BrClN3O4S/c1-3-17-31-28(35)26(4-2)32(19-21-13-15-23(30)16-14-21)27(34)20-33(24-10-8-9-22(29)18-24)38(36,37)25-11-6-5-7-12-25/h5-16,18,26H,3-4,17,19-20H2,1-2H3,(H,31,35)/t26-/m1/s1. The zero-order valence-electron chi connectivity index (χ0n) is 21.3. The van der Waals surface area contributed by atoms with Crippen LogP contribution in [0.3, 0.4) is 0 Å². The van der Waals surface area contributed by atoms with Crippen LogP contribution in [-0.2, 0) is 26.2 Å². The van der Waals surface area contributed by atoms with Crippen molar-refractivity contribution in [3.63, 3.8) is 0 Å². The van der Waals surface area contributed by atoms with Gasteiger partial charge in [-0.25, -0.2) is 8.42 Å². The molecule has 0 spiro atoms. The third-order valence-electron chi connectivity index (χ3n) is 5.91. The molecule has 0 aromatic heterocycles. The molecule has 0 unspecified atom stereocenters. The molecule has 0 aliphatic carbocycles. The maximum absolute atomic E-state index is 13.9. The zero-order valence-corrected chi connectivity index (χ0v) is 24.5. The Balaban J connectivity index is 2.03. The van der Waals surface area contributed by atoms with E-state index >= 15 is 0 Å². The number of halogens is 2. The SMILES string of the molecule is CCCNC(=O)[C@@H](CC)N(Cc1ccc(Cl)cc1)C(=O)CN(c1cccc(Br)c1)S(=O)(=O)c1ccccc1. The fourth-order valence-electron chi connectivity index (χ4n) is 3.95. The second-order valence-electron chi connectivity index (χ2n) is 8.67. The lowest BCUT2D eigenvalue weighted by molar-refractivity contribution is -0.140. The zero-order chi connectivity index (χ0) is 27.7. The van der Waals surface area contributed by atoms with Gasteiger partial charge in [0.15, 0.2) is 0 Å². The van der Waals surface area contributed by atoms with E-state index in [1.165, 1.54) is 17.0 Å². The van der Waals surface area contributed by atoms with Gasteiger partial charge in [0.05, 0.1) is 10.6 Å². The molecule has 0 saturated heterocycles. The fourth-order valence-corrected chi connectivity index (χ4v) is 5.89. The number of sulfonamides is 1. The molecule has 3 aromatic carbocycles. The molecule has 7 nitrogen and oxygen atoms in total. The van der Waals surface area contributed by atoms with Gasteiger partial charge in [-0.05, 0) is 60.9 Å². The van der Waals surface area contributed by atoms with Crippen LogP contribution < -0.4 is 9.62 Å². The Labute approximate surface area is 238 Å². The van der Waals surface area contributed by atoms with E-state index < -0.39 is 28.5 Å². The summed E-state index contributed by atoms with van der Waals surface area (Å²) >= 11 is 9.44. The lowest BCUT2D eigenvalue weighted by atomic mass is 10.1. The van der Waals surface area contributed by atoms with Crippen molar-refractivity contribution in [2.24, 2.45) is 0 Å². The number of carbonyl (C=O) groups is 2. The molecular weight excluding hydrogens is 590 g/mol. The summed E-state index contributed by atoms with van der Waals surface area (Å²) < 4.78 is 29.3. The Morgan fingerprint density at radius 1 is 0.974 bits per heavy atom. The van der Waals surface area contributed by atoms with Crippen molar-refractivity contribution in [3.8, 4) is 0 Å². The first-order valence-corrected chi connectivity index (χ1v) is 14.9. The molecule has 3 aromatic rings. The van der Waals surface area contributed by atoms with E-state index in [0.717, 1.165) is 16.3 Å². The number of hydrogen-bond donors (Lipinski definition) is 1.